The number of benzene rings is 9. The zero-order chi connectivity index (χ0) is 88.4. The predicted molar refractivity (Wildman–Crippen MR) is 484 cm³/mol. The molecule has 4 N–H and O–H groups in total. The Morgan fingerprint density at radius 3 is 0.917 bits per heavy atom. The molecule has 0 bridgehead atoms. The van der Waals surface area contributed by atoms with Gasteiger partial charge in [0.2, 0.25) is 0 Å². The van der Waals surface area contributed by atoms with Crippen LogP contribution >= 0.6 is 56.8 Å². The van der Waals surface area contributed by atoms with Crippen LogP contribution < -0.4 is 10.6 Å². The minimum Gasteiger partial charge on any atom is -0.397 e. The lowest BCUT2D eigenvalue weighted by atomic mass is 9.95. The van der Waals surface area contributed by atoms with Crippen LogP contribution in [0.1, 0.15) is 176 Å². The third-order valence-corrected chi connectivity index (χ3v) is 20.9. The molecule has 2 saturated heterocycles. The van der Waals surface area contributed by atoms with Crippen molar-refractivity contribution in [3.8, 4) is 0 Å². The highest BCUT2D eigenvalue weighted by atomic mass is 127. The Morgan fingerprint density at radius 2 is 0.642 bits per heavy atom. The van der Waals surface area contributed by atoms with Gasteiger partial charge in [-0.05, 0) is 237 Å². The van der Waals surface area contributed by atoms with Crippen LogP contribution in [0.2, 0.25) is 0 Å². The normalized spacial score (nSPS) is 12.8. The van der Waals surface area contributed by atoms with E-state index in [4.69, 9.17) is 16.7 Å². The average Bonchev–Trinajstić information content (AvgIpc) is 0.802. The number of halogens is 3. The number of amides is 4. The largest absolute Gasteiger partial charge is 0.397 e. The number of aliphatic hydroxyl groups excluding tert-OH is 2. The van der Waals surface area contributed by atoms with E-state index in [2.05, 4.69) is 65.6 Å². The van der Waals surface area contributed by atoms with E-state index >= 15 is 0 Å². The fourth-order valence-corrected chi connectivity index (χ4v) is 13.7. The van der Waals surface area contributed by atoms with E-state index in [1.165, 1.54) is 54.6 Å². The zero-order valence-corrected chi connectivity index (χ0v) is 73.9. The highest BCUT2D eigenvalue weighted by Crippen LogP contribution is 2.34. The Morgan fingerprint density at radius 1 is 0.392 bits per heavy atom. The summed E-state index contributed by atoms with van der Waals surface area (Å²) in [6.45, 7) is 30.1. The number of non-ortho nitro benzene ring substituents is 4. The van der Waals surface area contributed by atoms with Crippen LogP contribution in [-0.4, -0.2) is 206 Å². The summed E-state index contributed by atoms with van der Waals surface area (Å²) >= 11 is 9.61. The van der Waals surface area contributed by atoms with Crippen molar-refractivity contribution in [1.82, 2.24) is 40.0 Å². The first-order chi connectivity index (χ1) is 57.6. The summed E-state index contributed by atoms with van der Waals surface area (Å²) in [6, 6.07) is 61.7. The molecule has 4 amide bonds. The number of rotatable bonds is 26. The van der Waals surface area contributed by atoms with Crippen molar-refractivity contribution in [2.24, 2.45) is 0 Å². The van der Waals surface area contributed by atoms with Crippen LogP contribution in [0.25, 0.3) is 0 Å². The van der Waals surface area contributed by atoms with Gasteiger partial charge in [-0.15, -0.1) is 0 Å². The van der Waals surface area contributed by atoms with Gasteiger partial charge in [0, 0.05) is 200 Å². The fraction of sp³-hybridized carbons (Fsp3) is 0.326. The first kappa shape index (κ1) is 99.9. The maximum absolute atomic E-state index is 12.6. The van der Waals surface area contributed by atoms with Gasteiger partial charge < -0.3 is 40.4 Å². The number of nitrogens with one attached hydrogen (secondary N) is 2. The van der Waals surface area contributed by atoms with Crippen LogP contribution in [0, 0.1) is 47.6 Å². The maximum Gasteiger partial charge on any atom is 0.270 e. The molecule has 2 heterocycles. The molecular formula is C89H105ClI2N12O16. The van der Waals surface area contributed by atoms with Gasteiger partial charge in [0.1, 0.15) is 12.4 Å². The first-order valence-corrected chi connectivity index (χ1v) is 41.9. The highest BCUT2D eigenvalue weighted by molar-refractivity contribution is 14.1. The summed E-state index contributed by atoms with van der Waals surface area (Å²) in [5.41, 5.74) is 8.43. The second-order valence-corrected chi connectivity index (χ2v) is 29.5. The third-order valence-electron chi connectivity index (χ3n) is 19.2. The van der Waals surface area contributed by atoms with E-state index in [0.29, 0.717) is 84.5 Å². The molecule has 3 atom stereocenters. The average molecular weight is 1890 g/mol. The summed E-state index contributed by atoms with van der Waals surface area (Å²) in [7, 11) is 0. The van der Waals surface area contributed by atoms with Crippen molar-refractivity contribution in [1.29, 1.82) is 0 Å². The minimum atomic E-state index is -0.984. The fourth-order valence-electron chi connectivity index (χ4n) is 12.8. The van der Waals surface area contributed by atoms with Gasteiger partial charge >= 0.3 is 0 Å². The number of nitro benzene ring substituents is 4. The molecule has 2 fully saturated rings. The topological polar surface area (TPSA) is 359 Å². The summed E-state index contributed by atoms with van der Waals surface area (Å²) in [5.74, 6) is 0.106. The molecule has 0 aliphatic carbocycles. The molecule has 28 nitrogen and oxygen atoms in total. The monoisotopic (exact) mass is 1890 g/mol. The molecule has 3 unspecified atom stereocenters. The van der Waals surface area contributed by atoms with E-state index < -0.39 is 21.2 Å². The third kappa shape index (κ3) is 31.2. The van der Waals surface area contributed by atoms with E-state index in [9.17, 15) is 74.3 Å². The van der Waals surface area contributed by atoms with Gasteiger partial charge in [0.25, 0.3) is 51.6 Å². The lowest BCUT2D eigenvalue weighted by molar-refractivity contribution is -0.385. The molecule has 0 spiro atoms. The Labute approximate surface area is 732 Å². The number of piperazine rings is 2. The quantitative estimate of drug-likeness (QED) is 0.0129. The van der Waals surface area contributed by atoms with Crippen LogP contribution in [0.15, 0.2) is 218 Å². The van der Waals surface area contributed by atoms with Crippen molar-refractivity contribution in [3.05, 3.63) is 333 Å². The number of nitrogens with zero attached hydrogens (tertiary/aromatic N) is 10. The molecule has 120 heavy (non-hydrogen) atoms. The molecule has 2 aliphatic rings. The van der Waals surface area contributed by atoms with Crippen LogP contribution in [0.4, 0.5) is 22.7 Å². The lowest BCUT2D eigenvalue weighted by Gasteiger charge is -2.35. The van der Waals surface area contributed by atoms with Gasteiger partial charge in [0.05, 0.1) is 31.8 Å². The predicted octanol–water partition coefficient (Wildman–Crippen LogP) is 16.2. The smallest absolute Gasteiger partial charge is 0.270 e. The second kappa shape index (κ2) is 53.1. The van der Waals surface area contributed by atoms with Crippen LogP contribution in [0.5, 0.6) is 0 Å². The van der Waals surface area contributed by atoms with Crippen molar-refractivity contribution >= 4 is 115 Å². The Kier molecular flexibility index (Phi) is 44.2. The number of hydrogen-bond acceptors (Lipinski definition) is 20. The number of hydrogen-bond donors (Lipinski definition) is 4. The van der Waals surface area contributed by atoms with E-state index in [1.807, 2.05) is 157 Å². The SMILES string of the molecule is CCN(CC)C(=O)c1ccc(C(O)c2cccc([N+](=O)[O-])c2)cc1.CCN(CC)C(=O)c1ccc(C(c2cccc([N+](=O)[O-])c2)N2CCNCC2)cc1.CCN(CC)C(=O)c1ccc(C(c2cccc([N+](=O)[O-])c2)N2CCNCC2)cc1.CCN(CC)C(=O)c1ccc(I)cc1.CCO.O=C(Cl)c1ccc(I)cc1.O=Cc1cccc([N+](=O)[O-])c1. The van der Waals surface area contributed by atoms with Crippen LogP contribution in [0.3, 0.4) is 0 Å². The van der Waals surface area contributed by atoms with Gasteiger partial charge in [-0.2, -0.15) is 0 Å². The van der Waals surface area contributed by atoms with Gasteiger partial charge in [0.15, 0.2) is 0 Å². The van der Waals surface area contributed by atoms with E-state index in [1.54, 1.807) is 88.4 Å². The number of carbonyl (C=O) groups excluding carboxylic acids is 6. The molecule has 11 rings (SSSR count). The molecule has 638 valence electrons. The molecule has 2 aliphatic heterocycles. The number of nitro groups is 4. The summed E-state index contributed by atoms with van der Waals surface area (Å²) in [6.07, 6.45) is -0.407. The number of aliphatic hydroxyl groups is 2. The molecule has 31 heteroatoms. The molecular weight excluding hydrogens is 1780 g/mol. The Bertz CT molecular complexity index is 4620. The molecule has 0 radical (unpaired) electrons. The highest BCUT2D eigenvalue weighted by Gasteiger charge is 2.29. The molecule has 9 aromatic rings. The Hall–Kier alpha value is -10.7. The second-order valence-electron chi connectivity index (χ2n) is 26.7. The van der Waals surface area contributed by atoms with Crippen molar-refractivity contribution in [2.75, 3.05) is 111 Å². The zero-order valence-electron chi connectivity index (χ0n) is 68.8. The maximum atomic E-state index is 12.6. The van der Waals surface area contributed by atoms with Gasteiger partial charge in [-0.3, -0.25) is 79.0 Å². The van der Waals surface area contributed by atoms with Crippen molar-refractivity contribution in [2.45, 2.75) is 80.5 Å². The van der Waals surface area contributed by atoms with E-state index in [0.717, 1.165) is 100 Å². The van der Waals surface area contributed by atoms with Crippen molar-refractivity contribution < 1.29 is 58.7 Å². The van der Waals surface area contributed by atoms with Gasteiger partial charge in [-0.25, -0.2) is 0 Å². The summed E-state index contributed by atoms with van der Waals surface area (Å²) in [4.78, 5) is 124. The molecule has 0 saturated carbocycles. The first-order valence-electron chi connectivity index (χ1n) is 39.4. The standard InChI is InChI=1S/2C22H28N4O3.C18H20N2O4.C11H14INO.C7H4ClIO.C7H5NO3.C2H6O/c2*1-3-24(4-2)22(27)18-10-8-17(9-11-18)21(25-14-12-23-13-15-25)19-6-5-7-20(16-19)26(28)29;1-3-19(4-2)18(22)14-10-8-13(9-11-14)17(21)15-6-5-7-16(12-15)20(23)24;1-3-13(4-2)11(14)9-5-7-10(12)8-6-9;8-7(10)5-1-3-6(9)4-2-5;9-5-6-2-1-3-7(4-6)8(10)11;1-2-3/h2*5-11,16,21,23H,3-4,12-15H2,1-2H3;5-12,17,21H,3-4H2,1-2H3;5-8H,3-4H2,1-2H3;1-4H;1-5H;3H,2H2,1H3. The summed E-state index contributed by atoms with van der Waals surface area (Å²) in [5, 5.41) is 67.8. The molecule has 9 aromatic carbocycles. The Balaban J connectivity index is 0.000000265. The van der Waals surface area contributed by atoms with Gasteiger partial charge in [-0.1, -0.05) is 84.9 Å². The summed E-state index contributed by atoms with van der Waals surface area (Å²) < 4.78 is 2.25. The minimum absolute atomic E-state index is 0.0237. The number of aldehydes is 1. The van der Waals surface area contributed by atoms with E-state index in [-0.39, 0.29) is 74.9 Å². The molecule has 0 aromatic heterocycles. The number of carbonyl (C=O) groups is 6. The lowest BCUT2D eigenvalue weighted by Crippen LogP contribution is -2.45. The van der Waals surface area contributed by atoms with Crippen molar-refractivity contribution in [3.63, 3.8) is 0 Å². The van der Waals surface area contributed by atoms with Crippen LogP contribution in [-0.2, 0) is 0 Å².